The van der Waals surface area contributed by atoms with Crippen molar-refractivity contribution in [2.75, 3.05) is 40.9 Å². The molecule has 502 valence electrons. The van der Waals surface area contributed by atoms with Gasteiger partial charge in [-0.05, 0) is 89.9 Å². The third kappa shape index (κ3) is 70.2. The molecule has 0 aromatic heterocycles. The fourth-order valence-corrected chi connectivity index (χ4v) is 11.0. The van der Waals surface area contributed by atoms with Crippen LogP contribution in [0.4, 0.5) is 0 Å². The van der Waals surface area contributed by atoms with Gasteiger partial charge in [0.2, 0.25) is 5.91 Å². The fourth-order valence-electron chi connectivity index (χ4n) is 10.3. The number of allylic oxidation sites excluding steroid dienone is 19. The largest absolute Gasteiger partial charge is 0.756 e. The zero-order valence-corrected chi connectivity index (χ0v) is 58.3. The molecule has 3 unspecified atom stereocenters. The first kappa shape index (κ1) is 83.9. The molecule has 0 aliphatic heterocycles. The molecule has 8 nitrogen and oxygen atoms in total. The number of phosphoric acid groups is 1. The first-order chi connectivity index (χ1) is 42.5. The Bertz CT molecular complexity index is 1840. The molecule has 0 heterocycles. The minimum Gasteiger partial charge on any atom is -0.756 e. The Morgan fingerprint density at radius 1 is 0.414 bits per heavy atom. The lowest BCUT2D eigenvalue weighted by atomic mass is 10.0. The molecule has 1 amide bonds. The van der Waals surface area contributed by atoms with Crippen molar-refractivity contribution in [1.82, 2.24) is 5.32 Å². The van der Waals surface area contributed by atoms with Gasteiger partial charge in [-0.2, -0.15) is 0 Å². The number of likely N-dealkylation sites (N-methyl/N-ethyl adjacent to an activating group) is 1. The van der Waals surface area contributed by atoms with Crippen LogP contribution >= 0.6 is 7.82 Å². The molecule has 0 bridgehead atoms. The second-order valence-corrected chi connectivity index (χ2v) is 27.0. The van der Waals surface area contributed by atoms with E-state index in [-0.39, 0.29) is 19.1 Å². The summed E-state index contributed by atoms with van der Waals surface area (Å²) < 4.78 is 23.5. The maximum atomic E-state index is 13.0. The van der Waals surface area contributed by atoms with Crippen molar-refractivity contribution in [3.63, 3.8) is 0 Å². The van der Waals surface area contributed by atoms with Crippen molar-refractivity contribution in [2.24, 2.45) is 0 Å². The Morgan fingerprint density at radius 2 is 0.701 bits per heavy atom. The Labute approximate surface area is 539 Å². The van der Waals surface area contributed by atoms with Gasteiger partial charge in [-0.3, -0.25) is 9.36 Å². The van der Waals surface area contributed by atoms with Gasteiger partial charge in [0.25, 0.3) is 7.82 Å². The highest BCUT2D eigenvalue weighted by molar-refractivity contribution is 7.45. The van der Waals surface area contributed by atoms with E-state index in [1.54, 1.807) is 6.08 Å². The number of carbonyl (C=O) groups excluding carboxylic acids is 1. The molecule has 0 aromatic carbocycles. The zero-order valence-electron chi connectivity index (χ0n) is 57.4. The molecule has 0 aliphatic rings. The van der Waals surface area contributed by atoms with E-state index in [2.05, 4.69) is 129 Å². The van der Waals surface area contributed by atoms with Gasteiger partial charge in [-0.1, -0.05) is 341 Å². The van der Waals surface area contributed by atoms with E-state index >= 15 is 0 Å². The van der Waals surface area contributed by atoms with Crippen LogP contribution in [0.25, 0.3) is 0 Å². The molecule has 0 saturated heterocycles. The van der Waals surface area contributed by atoms with Crippen LogP contribution in [-0.2, 0) is 18.4 Å². The topological polar surface area (TPSA) is 108 Å². The van der Waals surface area contributed by atoms with Gasteiger partial charge >= 0.3 is 0 Å². The molecule has 0 saturated carbocycles. The predicted molar refractivity (Wildman–Crippen MR) is 380 cm³/mol. The van der Waals surface area contributed by atoms with Crippen molar-refractivity contribution < 1.29 is 32.9 Å². The predicted octanol–water partition coefficient (Wildman–Crippen LogP) is 23.0. The SMILES string of the molecule is CC/C=C\C/C=C\C/C=C\C/C=C\C/C=C\C/C=C\C/C=C\C/C=C\C/C=C\CCCCCCCCCCCCCCCC(=O)NC(COP(=O)([O-])OCC[N+](C)(C)C)C(O)/C=C/CCCCCCCCCCCCCCCCCCCCCCCC. The van der Waals surface area contributed by atoms with Gasteiger partial charge < -0.3 is 28.8 Å². The normalized spacial score (nSPS) is 14.3. The highest BCUT2D eigenvalue weighted by atomic mass is 31.2. The van der Waals surface area contributed by atoms with Crippen LogP contribution in [0.2, 0.25) is 0 Å². The smallest absolute Gasteiger partial charge is 0.268 e. The number of nitrogens with one attached hydrogen (secondary N) is 1. The minimum absolute atomic E-state index is 0.00474. The monoisotopic (exact) mass is 1230 g/mol. The van der Waals surface area contributed by atoms with E-state index in [1.807, 2.05) is 27.2 Å². The number of aliphatic hydroxyl groups is 1. The number of aliphatic hydroxyl groups excluding tert-OH is 1. The van der Waals surface area contributed by atoms with Crippen molar-refractivity contribution >= 4 is 13.7 Å². The first-order valence-electron chi connectivity index (χ1n) is 36.4. The number of phosphoric ester groups is 1. The van der Waals surface area contributed by atoms with Crippen LogP contribution in [0, 0.1) is 0 Å². The number of carbonyl (C=O) groups is 1. The molecule has 0 radical (unpaired) electrons. The lowest BCUT2D eigenvalue weighted by Crippen LogP contribution is -2.45. The van der Waals surface area contributed by atoms with E-state index in [1.165, 1.54) is 199 Å². The summed E-state index contributed by atoms with van der Waals surface area (Å²) in [5.74, 6) is -0.199. The summed E-state index contributed by atoms with van der Waals surface area (Å²) in [5, 5.41) is 14.0. The second kappa shape index (κ2) is 67.3. The van der Waals surface area contributed by atoms with Gasteiger partial charge in [0.05, 0.1) is 39.9 Å². The number of nitrogens with zero attached hydrogens (tertiary/aromatic N) is 1. The molecule has 87 heavy (non-hydrogen) atoms. The van der Waals surface area contributed by atoms with Gasteiger partial charge in [0.15, 0.2) is 0 Å². The fraction of sp³-hybridized carbons (Fsp3) is 0.731. The van der Waals surface area contributed by atoms with Gasteiger partial charge in [0, 0.05) is 6.42 Å². The molecular formula is C78H139N2O6P. The second-order valence-electron chi connectivity index (χ2n) is 25.6. The average Bonchev–Trinajstić information content (AvgIpc) is 3.71. The van der Waals surface area contributed by atoms with Crippen LogP contribution < -0.4 is 10.2 Å². The molecule has 0 aliphatic carbocycles. The number of quaternary nitrogens is 1. The summed E-state index contributed by atoms with van der Waals surface area (Å²) in [5.41, 5.74) is 0. The number of unbranched alkanes of at least 4 members (excludes halogenated alkanes) is 35. The quantitative estimate of drug-likeness (QED) is 0.0272. The van der Waals surface area contributed by atoms with Crippen LogP contribution in [0.15, 0.2) is 122 Å². The summed E-state index contributed by atoms with van der Waals surface area (Å²) in [7, 11) is 1.26. The third-order valence-electron chi connectivity index (χ3n) is 15.9. The molecule has 3 atom stereocenters. The van der Waals surface area contributed by atoms with E-state index in [0.717, 1.165) is 96.3 Å². The van der Waals surface area contributed by atoms with Crippen LogP contribution in [0.5, 0.6) is 0 Å². The minimum atomic E-state index is -4.61. The van der Waals surface area contributed by atoms with Crippen LogP contribution in [0.1, 0.15) is 316 Å². The summed E-state index contributed by atoms with van der Waals surface area (Å²) in [6.45, 7) is 4.56. The van der Waals surface area contributed by atoms with Crippen molar-refractivity contribution in [2.45, 2.75) is 328 Å². The lowest BCUT2D eigenvalue weighted by Gasteiger charge is -2.29. The maximum absolute atomic E-state index is 13.0. The maximum Gasteiger partial charge on any atom is 0.268 e. The number of amides is 1. The molecule has 9 heteroatoms. The lowest BCUT2D eigenvalue weighted by molar-refractivity contribution is -0.870. The zero-order chi connectivity index (χ0) is 63.4. The van der Waals surface area contributed by atoms with Crippen molar-refractivity contribution in [3.05, 3.63) is 122 Å². The van der Waals surface area contributed by atoms with E-state index < -0.39 is 20.0 Å². The number of hydrogen-bond acceptors (Lipinski definition) is 6. The van der Waals surface area contributed by atoms with E-state index in [0.29, 0.717) is 17.4 Å². The first-order valence-corrected chi connectivity index (χ1v) is 37.9. The van der Waals surface area contributed by atoms with Gasteiger partial charge in [-0.15, -0.1) is 0 Å². The molecule has 0 aromatic rings. The molecule has 0 fully saturated rings. The highest BCUT2D eigenvalue weighted by Crippen LogP contribution is 2.38. The van der Waals surface area contributed by atoms with E-state index in [9.17, 15) is 19.4 Å². The Kier molecular flexibility index (Phi) is 64.9. The number of rotatable bonds is 66. The molecule has 2 N–H and O–H groups in total. The molecule has 0 rings (SSSR count). The van der Waals surface area contributed by atoms with Gasteiger partial charge in [-0.25, -0.2) is 0 Å². The highest BCUT2D eigenvalue weighted by Gasteiger charge is 2.23. The Morgan fingerprint density at radius 3 is 1.02 bits per heavy atom. The van der Waals surface area contributed by atoms with Crippen molar-refractivity contribution in [1.29, 1.82) is 0 Å². The summed E-state index contributed by atoms with van der Waals surface area (Å²) in [6.07, 6.45) is 100. The average molecular weight is 1230 g/mol. The van der Waals surface area contributed by atoms with E-state index in [4.69, 9.17) is 9.05 Å². The summed E-state index contributed by atoms with van der Waals surface area (Å²) in [4.78, 5) is 25.7. The Hall–Kier alpha value is -3.10. The van der Waals surface area contributed by atoms with Crippen LogP contribution in [-0.4, -0.2) is 68.5 Å². The Balaban J connectivity index is 4.06. The molecule has 0 spiro atoms. The third-order valence-corrected chi connectivity index (χ3v) is 16.9. The molecular weight excluding hydrogens is 1090 g/mol. The van der Waals surface area contributed by atoms with Crippen LogP contribution in [0.3, 0.4) is 0 Å². The van der Waals surface area contributed by atoms with Gasteiger partial charge in [0.1, 0.15) is 13.2 Å². The number of hydrogen-bond donors (Lipinski definition) is 2. The summed E-state index contributed by atoms with van der Waals surface area (Å²) >= 11 is 0. The van der Waals surface area contributed by atoms with Crippen molar-refractivity contribution in [3.8, 4) is 0 Å². The summed E-state index contributed by atoms with van der Waals surface area (Å²) in [6, 6.07) is -0.895. The standard InChI is InChI=1S/C78H139N2O6P/c1-6-8-10-12-14-16-18-20-22-24-26-28-30-32-33-34-35-36-37-38-39-40-41-42-43-44-45-46-47-48-50-52-54-56-58-60-62-64-66-68-70-72-78(82)79-76(75-86-87(83,84)85-74-73-80(3,4)5)77(81)71-69-67-65-63-61-59-57-55-53-51-49-31-29-27-25-23-21-19-17-15-13-11-9-7-2/h8,10,14,16,20,22,26,28,32-33,35-36,38-39,41-42,44-45,69,71,76-77,81H,6-7,9,11-13,15,17-19,21,23-25,27,29-31,34,37,40,43,46-68,70,72-75H2,1-5H3,(H-,79,82,83,84)/b10-8-,16-14-,22-20-,28-26-,33-32-,36-35-,39-38-,42-41-,45-44-,71-69+.